The van der Waals surface area contributed by atoms with Crippen LogP contribution in [0.3, 0.4) is 0 Å². The van der Waals surface area contributed by atoms with Crippen LogP contribution in [0.2, 0.25) is 0 Å². The van der Waals surface area contributed by atoms with E-state index in [1.807, 2.05) is 0 Å². The van der Waals surface area contributed by atoms with Gasteiger partial charge in [0.2, 0.25) is 0 Å². The number of aliphatic hydroxyl groups is 1. The summed E-state index contributed by atoms with van der Waals surface area (Å²) < 4.78 is 60.3. The lowest BCUT2D eigenvalue weighted by Gasteiger charge is -2.27. The summed E-state index contributed by atoms with van der Waals surface area (Å²) in [6.45, 7) is 1.05. The van der Waals surface area contributed by atoms with E-state index in [0.717, 1.165) is 24.3 Å². The Kier molecular flexibility index (Phi) is 4.88. The third-order valence-corrected chi connectivity index (χ3v) is 3.86. The average molecular weight is 381 g/mol. The minimum atomic E-state index is -4.72. The molecule has 2 aromatic carbocycles. The molecular formula is C18H15F4N3O2. The van der Waals surface area contributed by atoms with Crippen LogP contribution in [0.1, 0.15) is 18.1 Å². The van der Waals surface area contributed by atoms with E-state index in [1.165, 1.54) is 42.5 Å². The lowest BCUT2D eigenvalue weighted by atomic mass is 9.90. The van der Waals surface area contributed by atoms with Crippen LogP contribution in [0.4, 0.5) is 17.6 Å². The van der Waals surface area contributed by atoms with Gasteiger partial charge in [0.15, 0.2) is 0 Å². The fraction of sp³-hybridized carbons (Fsp3) is 0.222. The molecule has 5 nitrogen and oxygen atoms in total. The molecule has 0 amide bonds. The summed E-state index contributed by atoms with van der Waals surface area (Å²) in [6.07, 6.45) is -2.20. The molecule has 3 aromatic rings. The molecule has 0 saturated heterocycles. The van der Waals surface area contributed by atoms with Gasteiger partial charge in [-0.15, -0.1) is 0 Å². The first kappa shape index (κ1) is 18.8. The maximum atomic E-state index is 13.6. The minimum absolute atomic E-state index is 0.0887. The van der Waals surface area contributed by atoms with Crippen molar-refractivity contribution in [3.63, 3.8) is 0 Å². The lowest BCUT2D eigenvalue weighted by molar-refractivity contribution is -0.140. The van der Waals surface area contributed by atoms with Crippen LogP contribution in [-0.2, 0) is 18.3 Å². The normalized spacial score (nSPS) is 14.0. The molecule has 1 atom stereocenters. The highest BCUT2D eigenvalue weighted by Gasteiger charge is 2.39. The van der Waals surface area contributed by atoms with Gasteiger partial charge in [0, 0.05) is 0 Å². The van der Waals surface area contributed by atoms with E-state index in [2.05, 4.69) is 10.1 Å². The van der Waals surface area contributed by atoms with Crippen molar-refractivity contribution in [2.24, 2.45) is 0 Å². The van der Waals surface area contributed by atoms with Gasteiger partial charge in [-0.05, 0) is 48.9 Å². The van der Waals surface area contributed by atoms with Crippen LogP contribution in [0.5, 0.6) is 11.5 Å². The predicted molar refractivity (Wildman–Crippen MR) is 87.5 cm³/mol. The number of benzene rings is 2. The van der Waals surface area contributed by atoms with Crippen molar-refractivity contribution in [2.45, 2.75) is 25.2 Å². The van der Waals surface area contributed by atoms with Gasteiger partial charge in [0.05, 0.1) is 12.1 Å². The monoisotopic (exact) mass is 381 g/mol. The van der Waals surface area contributed by atoms with Crippen molar-refractivity contribution >= 4 is 0 Å². The van der Waals surface area contributed by atoms with Gasteiger partial charge < -0.3 is 9.84 Å². The van der Waals surface area contributed by atoms with Crippen LogP contribution in [0.15, 0.2) is 55.1 Å². The largest absolute Gasteiger partial charge is 0.457 e. The number of nitrogens with zero attached hydrogens (tertiary/aromatic N) is 3. The number of hydrogen-bond donors (Lipinski definition) is 1. The Morgan fingerprint density at radius 2 is 1.70 bits per heavy atom. The average Bonchev–Trinajstić information content (AvgIpc) is 3.08. The zero-order valence-electron chi connectivity index (χ0n) is 14.1. The summed E-state index contributed by atoms with van der Waals surface area (Å²) in [4.78, 5) is 3.71. The van der Waals surface area contributed by atoms with Crippen LogP contribution >= 0.6 is 0 Å². The van der Waals surface area contributed by atoms with E-state index >= 15 is 0 Å². The molecule has 0 radical (unpaired) electrons. The molecule has 27 heavy (non-hydrogen) atoms. The van der Waals surface area contributed by atoms with Crippen molar-refractivity contribution < 1.29 is 27.4 Å². The lowest BCUT2D eigenvalue weighted by Crippen LogP contribution is -2.31. The molecule has 0 aliphatic heterocycles. The number of ether oxygens (including phenoxy) is 1. The van der Waals surface area contributed by atoms with Gasteiger partial charge in [-0.3, -0.25) is 0 Å². The summed E-state index contributed by atoms with van der Waals surface area (Å²) in [6, 6.07) is 8.14. The number of alkyl halides is 3. The highest BCUT2D eigenvalue weighted by atomic mass is 19.4. The third kappa shape index (κ3) is 4.43. The van der Waals surface area contributed by atoms with Gasteiger partial charge in [-0.1, -0.05) is 6.07 Å². The first-order chi connectivity index (χ1) is 12.6. The molecule has 0 fully saturated rings. The Morgan fingerprint density at radius 3 is 2.30 bits per heavy atom. The Morgan fingerprint density at radius 1 is 1.04 bits per heavy atom. The van der Waals surface area contributed by atoms with E-state index in [9.17, 15) is 22.7 Å². The molecule has 0 saturated carbocycles. The molecular weight excluding hydrogens is 366 g/mol. The summed E-state index contributed by atoms with van der Waals surface area (Å²) in [5, 5.41) is 14.5. The number of halogens is 4. The molecule has 0 aliphatic rings. The van der Waals surface area contributed by atoms with Crippen molar-refractivity contribution in [3.8, 4) is 11.5 Å². The van der Waals surface area contributed by atoms with Crippen LogP contribution < -0.4 is 4.74 Å². The van der Waals surface area contributed by atoms with Gasteiger partial charge in [0.1, 0.15) is 35.6 Å². The van der Waals surface area contributed by atoms with Crippen LogP contribution in [0, 0.1) is 5.82 Å². The van der Waals surface area contributed by atoms with Crippen LogP contribution in [0.25, 0.3) is 0 Å². The first-order valence-corrected chi connectivity index (χ1v) is 7.85. The van der Waals surface area contributed by atoms with Crippen LogP contribution in [-0.4, -0.2) is 19.9 Å². The summed E-state index contributed by atoms with van der Waals surface area (Å²) in [5.74, 6) is -0.390. The Hall–Kier alpha value is -2.94. The summed E-state index contributed by atoms with van der Waals surface area (Å²) in [5.41, 5.74) is -3.21. The highest BCUT2D eigenvalue weighted by Crippen LogP contribution is 2.40. The Balaban J connectivity index is 1.95. The quantitative estimate of drug-likeness (QED) is 0.675. The maximum absolute atomic E-state index is 13.6. The fourth-order valence-corrected chi connectivity index (χ4v) is 2.64. The van der Waals surface area contributed by atoms with Gasteiger partial charge in [-0.2, -0.15) is 18.3 Å². The molecule has 0 bridgehead atoms. The first-order valence-electron chi connectivity index (χ1n) is 7.85. The fourth-order valence-electron chi connectivity index (χ4n) is 2.64. The highest BCUT2D eigenvalue weighted by molar-refractivity contribution is 5.42. The minimum Gasteiger partial charge on any atom is -0.457 e. The van der Waals surface area contributed by atoms with Gasteiger partial charge >= 0.3 is 6.18 Å². The molecule has 0 aliphatic carbocycles. The molecule has 1 aromatic heterocycles. The van der Waals surface area contributed by atoms with E-state index < -0.39 is 23.2 Å². The van der Waals surface area contributed by atoms with E-state index in [1.54, 1.807) is 0 Å². The van der Waals surface area contributed by atoms with Crippen molar-refractivity contribution in [1.82, 2.24) is 14.8 Å². The van der Waals surface area contributed by atoms with E-state index in [-0.39, 0.29) is 23.6 Å². The van der Waals surface area contributed by atoms with Crippen molar-refractivity contribution in [2.75, 3.05) is 0 Å². The molecule has 1 heterocycles. The topological polar surface area (TPSA) is 60.2 Å². The molecule has 0 spiro atoms. The van der Waals surface area contributed by atoms with Gasteiger partial charge in [0.25, 0.3) is 0 Å². The second kappa shape index (κ2) is 6.99. The Bertz CT molecular complexity index is 907. The zero-order valence-corrected chi connectivity index (χ0v) is 14.1. The zero-order chi connectivity index (χ0) is 19.7. The molecule has 1 N–H and O–H groups in total. The number of aromatic nitrogens is 3. The molecule has 3 rings (SSSR count). The van der Waals surface area contributed by atoms with Gasteiger partial charge in [-0.25, -0.2) is 14.1 Å². The standard InChI is InChI=1S/C18H15F4N3O2/c1-17(26,9-25-11-23-10-24-25)15-7-6-14(8-16(15)18(20,21)22)27-13-4-2-12(19)3-5-13/h2-8,10-11,26H,9H2,1H3/t17-/m1/s1. The molecule has 0 unspecified atom stereocenters. The third-order valence-electron chi connectivity index (χ3n) is 3.86. The predicted octanol–water partition coefficient (Wildman–Crippen LogP) is 4.14. The molecule has 9 heteroatoms. The summed E-state index contributed by atoms with van der Waals surface area (Å²) in [7, 11) is 0. The maximum Gasteiger partial charge on any atom is 0.416 e. The SMILES string of the molecule is C[C@@](O)(Cn1cncn1)c1ccc(Oc2ccc(F)cc2)cc1C(F)(F)F. The Labute approximate surface area is 151 Å². The van der Waals surface area contributed by atoms with E-state index in [4.69, 9.17) is 4.74 Å². The summed E-state index contributed by atoms with van der Waals surface area (Å²) >= 11 is 0. The van der Waals surface area contributed by atoms with Crippen molar-refractivity contribution in [3.05, 3.63) is 72.1 Å². The number of hydrogen-bond acceptors (Lipinski definition) is 4. The van der Waals surface area contributed by atoms with Crippen molar-refractivity contribution in [1.29, 1.82) is 0 Å². The second-order valence-electron chi connectivity index (χ2n) is 6.13. The van der Waals surface area contributed by atoms with E-state index in [0.29, 0.717) is 0 Å². The smallest absolute Gasteiger partial charge is 0.416 e. The number of rotatable bonds is 5. The molecule has 142 valence electrons. The second-order valence-corrected chi connectivity index (χ2v) is 6.13.